The van der Waals surface area contributed by atoms with E-state index in [1.54, 1.807) is 12.1 Å². The summed E-state index contributed by atoms with van der Waals surface area (Å²) in [5, 5.41) is 9.97. The molecule has 0 bridgehead atoms. The summed E-state index contributed by atoms with van der Waals surface area (Å²) in [7, 11) is 0. The first-order valence-electron chi connectivity index (χ1n) is 11.1. The van der Waals surface area contributed by atoms with Crippen molar-refractivity contribution in [3.63, 3.8) is 0 Å². The molecule has 2 aromatic carbocycles. The molecule has 0 saturated carbocycles. The van der Waals surface area contributed by atoms with Crippen molar-refractivity contribution in [1.29, 1.82) is 0 Å². The molecule has 32 heavy (non-hydrogen) atoms. The number of likely N-dealkylation sites (tertiary alicyclic amines) is 1. The van der Waals surface area contributed by atoms with Crippen molar-refractivity contribution in [2.75, 3.05) is 46.1 Å². The minimum Gasteiger partial charge on any atom is -0.508 e. The van der Waals surface area contributed by atoms with Crippen molar-refractivity contribution in [3.8, 4) is 17.2 Å². The molecule has 1 saturated heterocycles. The Morgan fingerprint density at radius 1 is 1.16 bits per heavy atom. The second-order valence-corrected chi connectivity index (χ2v) is 8.66. The predicted molar refractivity (Wildman–Crippen MR) is 121 cm³/mol. The lowest BCUT2D eigenvalue weighted by Gasteiger charge is -2.37. The number of allylic oxidation sites excluding steroid dienone is 1. The van der Waals surface area contributed by atoms with Gasteiger partial charge in [0.05, 0.1) is 19.9 Å². The Balaban J connectivity index is 1.33. The van der Waals surface area contributed by atoms with E-state index in [1.165, 1.54) is 0 Å². The van der Waals surface area contributed by atoms with Crippen LogP contribution in [0.1, 0.15) is 24.2 Å². The summed E-state index contributed by atoms with van der Waals surface area (Å²) in [5.41, 5.74) is 5.25. The van der Waals surface area contributed by atoms with Gasteiger partial charge in [-0.3, -0.25) is 9.29 Å². The average Bonchev–Trinajstić information content (AvgIpc) is 3.30. The highest BCUT2D eigenvalue weighted by Gasteiger charge is 2.31. The molecule has 3 heterocycles. The van der Waals surface area contributed by atoms with Crippen LogP contribution in [0.3, 0.4) is 0 Å². The first-order valence-corrected chi connectivity index (χ1v) is 11.1. The number of ether oxygens (including phenoxy) is 3. The van der Waals surface area contributed by atoms with Crippen molar-refractivity contribution >= 4 is 5.57 Å². The summed E-state index contributed by atoms with van der Waals surface area (Å²) >= 11 is 0. The molecule has 5 rings (SSSR count). The van der Waals surface area contributed by atoms with Crippen LogP contribution in [-0.2, 0) is 4.74 Å². The number of phenolic OH excluding ortho intramolecular Hbond substituents is 1. The number of nitrogens with zero attached hydrogens (tertiary/aromatic N) is 1. The van der Waals surface area contributed by atoms with Gasteiger partial charge in [-0.05, 0) is 54.0 Å². The summed E-state index contributed by atoms with van der Waals surface area (Å²) in [4.78, 5) is 2.21. The van der Waals surface area contributed by atoms with Crippen LogP contribution in [0.4, 0.5) is 4.39 Å². The molecule has 2 aromatic rings. The second kappa shape index (κ2) is 8.96. The molecule has 1 unspecified atom stereocenters. The van der Waals surface area contributed by atoms with Gasteiger partial charge in [-0.25, -0.2) is 0 Å². The van der Waals surface area contributed by atoms with Gasteiger partial charge in [0.25, 0.3) is 0 Å². The van der Waals surface area contributed by atoms with E-state index >= 15 is 0 Å². The summed E-state index contributed by atoms with van der Waals surface area (Å²) in [6.45, 7) is 6.05. The molecule has 5 nitrogen and oxygen atoms in total. The third kappa shape index (κ3) is 4.12. The number of fused-ring (bicyclic) bond motifs is 1. The second-order valence-electron chi connectivity index (χ2n) is 8.66. The number of aromatic hydroxyl groups is 1. The van der Waals surface area contributed by atoms with Gasteiger partial charge >= 0.3 is 0 Å². The van der Waals surface area contributed by atoms with Crippen LogP contribution in [0.5, 0.6) is 17.2 Å². The third-order valence-corrected chi connectivity index (χ3v) is 6.44. The van der Waals surface area contributed by atoms with E-state index in [9.17, 15) is 9.50 Å². The molecular formula is C26H28FNO4. The van der Waals surface area contributed by atoms with E-state index in [0.717, 1.165) is 59.0 Å². The molecule has 0 aromatic heterocycles. The fourth-order valence-corrected chi connectivity index (χ4v) is 4.65. The van der Waals surface area contributed by atoms with Crippen molar-refractivity contribution in [2.24, 2.45) is 5.92 Å². The maximum absolute atomic E-state index is 12.5. The third-order valence-electron chi connectivity index (χ3n) is 6.44. The molecule has 6 heteroatoms. The molecule has 0 spiro atoms. The van der Waals surface area contributed by atoms with Crippen molar-refractivity contribution in [1.82, 2.24) is 4.90 Å². The van der Waals surface area contributed by atoms with E-state index in [-0.39, 0.29) is 24.4 Å². The Labute approximate surface area is 187 Å². The largest absolute Gasteiger partial charge is 0.508 e. The van der Waals surface area contributed by atoms with Gasteiger partial charge in [0.2, 0.25) is 0 Å². The molecule has 1 fully saturated rings. The van der Waals surface area contributed by atoms with Crippen LogP contribution in [0.25, 0.3) is 5.57 Å². The number of hydrogen-bond donors (Lipinski definition) is 1. The van der Waals surface area contributed by atoms with Crippen LogP contribution < -0.4 is 9.47 Å². The van der Waals surface area contributed by atoms with Gasteiger partial charge in [0, 0.05) is 36.7 Å². The van der Waals surface area contributed by atoms with Gasteiger partial charge in [0.1, 0.15) is 30.0 Å². The molecular weight excluding hydrogens is 409 g/mol. The molecule has 3 aliphatic heterocycles. The highest BCUT2D eigenvalue weighted by atomic mass is 19.1. The number of halogens is 1. The number of alkyl halides is 1. The number of rotatable bonds is 7. The highest BCUT2D eigenvalue weighted by Crippen LogP contribution is 2.46. The zero-order valence-corrected chi connectivity index (χ0v) is 18.2. The van der Waals surface area contributed by atoms with Gasteiger partial charge in [0.15, 0.2) is 0 Å². The Morgan fingerprint density at radius 2 is 1.97 bits per heavy atom. The van der Waals surface area contributed by atoms with Gasteiger partial charge < -0.3 is 19.3 Å². The standard InChI is InChI=1S/C26H28FNO4/c1-17-23-12-21(29)4-7-24(23)32-26(25(17)20-8-10-30-16-20)19-2-5-22(6-3-19)31-11-9-28-14-18(13-27)15-28/h2-8,12,18,26,29H,9-11,13-16H2,1H3. The van der Waals surface area contributed by atoms with Crippen molar-refractivity contribution < 1.29 is 23.7 Å². The molecule has 1 N–H and O–H groups in total. The lowest BCUT2D eigenvalue weighted by molar-refractivity contribution is 0.0668. The fraction of sp³-hybridized carbons (Fsp3) is 0.385. The monoisotopic (exact) mass is 437 g/mol. The summed E-state index contributed by atoms with van der Waals surface area (Å²) < 4.78 is 30.4. The Morgan fingerprint density at radius 3 is 2.69 bits per heavy atom. The molecule has 1 atom stereocenters. The zero-order chi connectivity index (χ0) is 22.1. The maximum atomic E-state index is 12.5. The topological polar surface area (TPSA) is 51.2 Å². The first kappa shape index (κ1) is 21.0. The quantitative estimate of drug-likeness (QED) is 0.690. The minimum absolute atomic E-state index is 0.199. The molecule has 0 radical (unpaired) electrons. The van der Waals surface area contributed by atoms with Gasteiger partial charge in [-0.1, -0.05) is 18.2 Å². The first-order chi connectivity index (χ1) is 15.6. The van der Waals surface area contributed by atoms with E-state index in [4.69, 9.17) is 14.2 Å². The number of hydrogen-bond acceptors (Lipinski definition) is 5. The number of phenols is 1. The van der Waals surface area contributed by atoms with E-state index < -0.39 is 0 Å². The Kier molecular flexibility index (Phi) is 5.89. The maximum Gasteiger partial charge on any atom is 0.149 e. The van der Waals surface area contributed by atoms with Gasteiger partial charge in [-0.2, -0.15) is 0 Å². The summed E-state index contributed by atoms with van der Waals surface area (Å²) in [5.74, 6) is 1.99. The normalized spacial score (nSPS) is 21.1. The predicted octanol–water partition coefficient (Wildman–Crippen LogP) is 4.54. The SMILES string of the molecule is CC1=C(C2=CCOC2)C(c2ccc(OCCN3CC(CF)C3)cc2)Oc2ccc(O)cc21. The van der Waals surface area contributed by atoms with Crippen LogP contribution in [0.15, 0.2) is 59.7 Å². The van der Waals surface area contributed by atoms with Crippen LogP contribution in [0, 0.1) is 5.92 Å². The summed E-state index contributed by atoms with van der Waals surface area (Å²) in [6, 6.07) is 13.2. The smallest absolute Gasteiger partial charge is 0.149 e. The lowest BCUT2D eigenvalue weighted by Crippen LogP contribution is -2.49. The zero-order valence-electron chi connectivity index (χ0n) is 18.2. The van der Waals surface area contributed by atoms with E-state index in [2.05, 4.69) is 17.9 Å². The Hall–Kier alpha value is -2.83. The Bertz CT molecular complexity index is 1040. The summed E-state index contributed by atoms with van der Waals surface area (Å²) in [6.07, 6.45) is 1.84. The highest BCUT2D eigenvalue weighted by molar-refractivity contribution is 5.79. The van der Waals surface area contributed by atoms with Crippen LogP contribution in [-0.4, -0.2) is 56.1 Å². The molecule has 0 aliphatic carbocycles. The van der Waals surface area contributed by atoms with Gasteiger partial charge in [-0.15, -0.1) is 0 Å². The van der Waals surface area contributed by atoms with E-state index in [1.807, 2.05) is 30.3 Å². The molecule has 3 aliphatic rings. The van der Waals surface area contributed by atoms with Crippen LogP contribution in [0.2, 0.25) is 0 Å². The fourth-order valence-electron chi connectivity index (χ4n) is 4.65. The van der Waals surface area contributed by atoms with Crippen LogP contribution >= 0.6 is 0 Å². The molecule has 0 amide bonds. The number of benzene rings is 2. The lowest BCUT2D eigenvalue weighted by atomic mass is 9.86. The average molecular weight is 438 g/mol. The van der Waals surface area contributed by atoms with Crippen molar-refractivity contribution in [2.45, 2.75) is 13.0 Å². The molecule has 168 valence electrons. The van der Waals surface area contributed by atoms with Crippen molar-refractivity contribution in [3.05, 3.63) is 70.8 Å². The van der Waals surface area contributed by atoms with E-state index in [0.29, 0.717) is 19.8 Å². The minimum atomic E-state index is -0.257.